The number of fused-ring (bicyclic) bond motifs is 5. The number of likely N-dealkylation sites (N-methyl/N-ethyl adjacent to an activating group) is 1. The number of phenols is 1. The Kier molecular flexibility index (Phi) is 3.91. The summed E-state index contributed by atoms with van der Waals surface area (Å²) in [7, 11) is 2.22. The number of hydrogen-bond donors (Lipinski definition) is 1. The fraction of sp³-hybridized carbons (Fsp3) is 0.368. The van der Waals surface area contributed by atoms with Crippen LogP contribution in [-0.4, -0.2) is 29.6 Å². The fourth-order valence-corrected chi connectivity index (χ4v) is 4.80. The summed E-state index contributed by atoms with van der Waals surface area (Å²) in [6.07, 6.45) is 3.23. The van der Waals surface area contributed by atoms with Gasteiger partial charge in [-0.15, -0.1) is 0 Å². The van der Waals surface area contributed by atoms with Crippen LogP contribution in [0.2, 0.25) is 5.02 Å². The van der Waals surface area contributed by atoms with Gasteiger partial charge in [0, 0.05) is 23.0 Å². The zero-order valence-electron chi connectivity index (χ0n) is 13.0. The highest BCUT2D eigenvalue weighted by Gasteiger charge is 2.36. The molecule has 0 radical (unpaired) electrons. The molecule has 0 spiro atoms. The maximum Gasteiger partial charge on any atom is 0.134 e. The minimum atomic E-state index is 0.193. The Bertz CT molecular complexity index is 776. The van der Waals surface area contributed by atoms with E-state index in [2.05, 4.69) is 46.1 Å². The SMILES string of the molecule is CN1CCc2cc(Cl)c(O)cc2[C@H]2c3ccc(Br)cc3CC[C@@H]21. The molecule has 1 heterocycles. The maximum atomic E-state index is 10.2. The number of hydrogen-bond acceptors (Lipinski definition) is 2. The van der Waals surface area contributed by atoms with Crippen LogP contribution in [0.1, 0.15) is 34.6 Å². The zero-order valence-corrected chi connectivity index (χ0v) is 15.4. The molecule has 0 amide bonds. The molecular formula is C19H19BrClNO. The molecule has 2 nitrogen and oxygen atoms in total. The van der Waals surface area contributed by atoms with E-state index in [4.69, 9.17) is 11.6 Å². The summed E-state index contributed by atoms with van der Waals surface area (Å²) in [5.41, 5.74) is 5.31. The Balaban J connectivity index is 1.94. The van der Waals surface area contributed by atoms with Crippen LogP contribution in [0, 0.1) is 0 Å². The fourth-order valence-electron chi connectivity index (χ4n) is 4.21. The second-order valence-electron chi connectivity index (χ2n) is 6.66. The third-order valence-electron chi connectivity index (χ3n) is 5.38. The molecule has 0 saturated heterocycles. The Morgan fingerprint density at radius 3 is 2.74 bits per heavy atom. The lowest BCUT2D eigenvalue weighted by atomic mass is 9.74. The van der Waals surface area contributed by atoms with Gasteiger partial charge < -0.3 is 10.0 Å². The van der Waals surface area contributed by atoms with Gasteiger partial charge in [0.2, 0.25) is 0 Å². The Hall–Kier alpha value is -1.03. The van der Waals surface area contributed by atoms with E-state index in [1.165, 1.54) is 22.3 Å². The van der Waals surface area contributed by atoms with E-state index >= 15 is 0 Å². The minimum Gasteiger partial charge on any atom is -0.506 e. The van der Waals surface area contributed by atoms with Crippen molar-refractivity contribution in [1.29, 1.82) is 0 Å². The van der Waals surface area contributed by atoms with E-state index in [9.17, 15) is 5.11 Å². The van der Waals surface area contributed by atoms with Crippen molar-refractivity contribution < 1.29 is 5.11 Å². The monoisotopic (exact) mass is 391 g/mol. The first kappa shape index (κ1) is 15.5. The first-order valence-electron chi connectivity index (χ1n) is 8.04. The van der Waals surface area contributed by atoms with Crippen molar-refractivity contribution in [3.63, 3.8) is 0 Å². The molecule has 1 aliphatic carbocycles. The molecule has 2 aromatic rings. The van der Waals surface area contributed by atoms with Crippen LogP contribution < -0.4 is 0 Å². The summed E-state index contributed by atoms with van der Waals surface area (Å²) in [6.45, 7) is 1.03. The van der Waals surface area contributed by atoms with Gasteiger partial charge in [-0.25, -0.2) is 0 Å². The molecule has 0 unspecified atom stereocenters. The van der Waals surface area contributed by atoms with E-state index in [0.717, 1.165) is 30.3 Å². The first-order chi connectivity index (χ1) is 11.0. The first-order valence-corrected chi connectivity index (χ1v) is 9.21. The van der Waals surface area contributed by atoms with Gasteiger partial charge in [0.05, 0.1) is 5.02 Å². The smallest absolute Gasteiger partial charge is 0.134 e. The Labute approximate surface area is 150 Å². The van der Waals surface area contributed by atoms with E-state index in [0.29, 0.717) is 17.0 Å². The van der Waals surface area contributed by atoms with Crippen molar-refractivity contribution in [2.75, 3.05) is 13.6 Å². The van der Waals surface area contributed by atoms with Crippen LogP contribution in [0.15, 0.2) is 34.8 Å². The standard InChI is InChI=1S/C19H19BrClNO/c1-22-7-6-12-9-16(21)18(23)10-15(12)19-14-4-3-13(20)8-11(14)2-5-17(19)22/h3-4,8-10,17,19,23H,2,5-7H2,1H3/t17-,19+/m0/s1. The van der Waals surface area contributed by atoms with Crippen molar-refractivity contribution in [3.05, 3.63) is 62.1 Å². The molecule has 2 atom stereocenters. The van der Waals surface area contributed by atoms with Gasteiger partial charge in [0.1, 0.15) is 5.75 Å². The molecule has 1 N–H and O–H groups in total. The van der Waals surface area contributed by atoms with Gasteiger partial charge in [-0.3, -0.25) is 0 Å². The lowest BCUT2D eigenvalue weighted by molar-refractivity contribution is 0.214. The minimum absolute atomic E-state index is 0.193. The Morgan fingerprint density at radius 1 is 1.13 bits per heavy atom. The second kappa shape index (κ2) is 5.80. The molecule has 4 rings (SSSR count). The van der Waals surface area contributed by atoms with Crippen LogP contribution >= 0.6 is 27.5 Å². The predicted octanol–water partition coefficient (Wildman–Crippen LogP) is 4.74. The summed E-state index contributed by atoms with van der Waals surface area (Å²) in [5, 5.41) is 10.6. The summed E-state index contributed by atoms with van der Waals surface area (Å²) < 4.78 is 1.14. The molecular weight excluding hydrogens is 374 g/mol. The van der Waals surface area contributed by atoms with Gasteiger partial charge in [-0.2, -0.15) is 0 Å². The van der Waals surface area contributed by atoms with Crippen molar-refractivity contribution in [3.8, 4) is 5.75 Å². The molecule has 2 aliphatic rings. The van der Waals surface area contributed by atoms with E-state index in [-0.39, 0.29) is 5.75 Å². The maximum absolute atomic E-state index is 10.2. The number of halogens is 2. The van der Waals surface area contributed by atoms with Crippen molar-refractivity contribution >= 4 is 27.5 Å². The van der Waals surface area contributed by atoms with Crippen LogP contribution in [0.3, 0.4) is 0 Å². The van der Waals surface area contributed by atoms with Gasteiger partial charge in [0.25, 0.3) is 0 Å². The molecule has 23 heavy (non-hydrogen) atoms. The van der Waals surface area contributed by atoms with Crippen LogP contribution in [0.25, 0.3) is 0 Å². The third kappa shape index (κ3) is 2.59. The number of benzene rings is 2. The van der Waals surface area contributed by atoms with Crippen LogP contribution in [0.5, 0.6) is 5.75 Å². The molecule has 0 aromatic heterocycles. The average molecular weight is 393 g/mol. The van der Waals surface area contributed by atoms with Gasteiger partial charge in [-0.1, -0.05) is 33.6 Å². The van der Waals surface area contributed by atoms with E-state index < -0.39 is 0 Å². The zero-order chi connectivity index (χ0) is 16.1. The third-order valence-corrected chi connectivity index (χ3v) is 6.17. The highest BCUT2D eigenvalue weighted by atomic mass is 79.9. The average Bonchev–Trinajstić information content (AvgIpc) is 2.66. The molecule has 120 valence electrons. The summed E-state index contributed by atoms with van der Waals surface area (Å²) in [5.74, 6) is 0.496. The molecule has 0 bridgehead atoms. The molecule has 1 aliphatic heterocycles. The second-order valence-corrected chi connectivity index (χ2v) is 7.98. The molecule has 2 aromatic carbocycles. The predicted molar refractivity (Wildman–Crippen MR) is 97.5 cm³/mol. The number of nitrogens with zero attached hydrogens (tertiary/aromatic N) is 1. The summed E-state index contributed by atoms with van der Waals surface area (Å²) in [4.78, 5) is 2.47. The highest BCUT2D eigenvalue weighted by molar-refractivity contribution is 9.10. The highest BCUT2D eigenvalue weighted by Crippen LogP contribution is 2.44. The van der Waals surface area contributed by atoms with Crippen molar-refractivity contribution in [2.45, 2.75) is 31.2 Å². The number of phenolic OH excluding ortho intramolecular Hbond substituents is 1. The van der Waals surface area contributed by atoms with Crippen molar-refractivity contribution in [2.24, 2.45) is 0 Å². The molecule has 0 fully saturated rings. The number of aromatic hydroxyl groups is 1. The number of aryl methyl sites for hydroxylation is 1. The van der Waals surface area contributed by atoms with Crippen LogP contribution in [-0.2, 0) is 12.8 Å². The number of rotatable bonds is 0. The van der Waals surface area contributed by atoms with Gasteiger partial charge in [-0.05, 0) is 72.8 Å². The normalized spacial score (nSPS) is 23.6. The largest absolute Gasteiger partial charge is 0.506 e. The van der Waals surface area contributed by atoms with Gasteiger partial charge >= 0.3 is 0 Å². The lowest BCUT2D eigenvalue weighted by Gasteiger charge is -2.38. The van der Waals surface area contributed by atoms with Crippen molar-refractivity contribution in [1.82, 2.24) is 4.90 Å². The molecule has 0 saturated carbocycles. The topological polar surface area (TPSA) is 23.5 Å². The summed E-state index contributed by atoms with van der Waals surface area (Å²) in [6, 6.07) is 10.9. The quantitative estimate of drug-likeness (QED) is 0.700. The van der Waals surface area contributed by atoms with E-state index in [1.807, 2.05) is 12.1 Å². The molecule has 4 heteroatoms. The van der Waals surface area contributed by atoms with Crippen LogP contribution in [0.4, 0.5) is 0 Å². The van der Waals surface area contributed by atoms with E-state index in [1.54, 1.807) is 0 Å². The summed E-state index contributed by atoms with van der Waals surface area (Å²) >= 11 is 9.75. The van der Waals surface area contributed by atoms with Gasteiger partial charge in [0.15, 0.2) is 0 Å². The Morgan fingerprint density at radius 2 is 1.91 bits per heavy atom. The lowest BCUT2D eigenvalue weighted by Crippen LogP contribution is -2.39.